The van der Waals surface area contributed by atoms with E-state index < -0.39 is 11.9 Å². The largest absolute Gasteiger partial charge is 0.481 e. The summed E-state index contributed by atoms with van der Waals surface area (Å²) in [5.74, 6) is -0.219. The van der Waals surface area contributed by atoms with Crippen LogP contribution in [0, 0.1) is 5.92 Å². The van der Waals surface area contributed by atoms with Crippen molar-refractivity contribution in [2.45, 2.75) is 32.7 Å². The number of aliphatic carboxylic acids is 1. The molecule has 2 unspecified atom stereocenters. The van der Waals surface area contributed by atoms with Crippen LogP contribution in [0.2, 0.25) is 0 Å². The van der Waals surface area contributed by atoms with Gasteiger partial charge in [0, 0.05) is 24.0 Å². The van der Waals surface area contributed by atoms with Crippen molar-refractivity contribution in [2.24, 2.45) is 5.92 Å². The molecule has 0 spiro atoms. The maximum absolute atomic E-state index is 11.2. The molecule has 1 fully saturated rings. The molecule has 6 nitrogen and oxygen atoms in total. The lowest BCUT2D eigenvalue weighted by Crippen LogP contribution is -2.43. The number of ether oxygens (including phenoxy) is 1. The molecule has 1 aromatic rings. The van der Waals surface area contributed by atoms with Crippen LogP contribution < -0.4 is 4.90 Å². The van der Waals surface area contributed by atoms with Crippen LogP contribution in [0.25, 0.3) is 0 Å². The van der Waals surface area contributed by atoms with E-state index in [0.717, 1.165) is 11.0 Å². The average Bonchev–Trinajstić information content (AvgIpc) is 2.98. The maximum atomic E-state index is 11.2. The summed E-state index contributed by atoms with van der Waals surface area (Å²) >= 11 is 1.33. The number of hydrogen-bond donors (Lipinski definition) is 1. The topological polar surface area (TPSA) is 75.5 Å². The number of likely N-dealkylation sites (N-methyl/N-ethyl adjacent to an activating group) is 1. The SMILES string of the molecule is CCN(c1nc(C(C)C)ns1)C1COCC1C(=O)O. The van der Waals surface area contributed by atoms with Crippen molar-refractivity contribution in [3.8, 4) is 0 Å². The molecule has 0 aliphatic carbocycles. The first-order valence-electron chi connectivity index (χ1n) is 6.45. The van der Waals surface area contributed by atoms with Crippen molar-refractivity contribution >= 4 is 22.6 Å². The third-order valence-electron chi connectivity index (χ3n) is 3.30. The number of hydrogen-bond acceptors (Lipinski definition) is 6. The van der Waals surface area contributed by atoms with Gasteiger partial charge in [0.05, 0.1) is 19.3 Å². The lowest BCUT2D eigenvalue weighted by molar-refractivity contribution is -0.141. The zero-order chi connectivity index (χ0) is 14.0. The van der Waals surface area contributed by atoms with Crippen LogP contribution in [0.15, 0.2) is 0 Å². The Hall–Kier alpha value is -1.21. The highest BCUT2D eigenvalue weighted by Gasteiger charge is 2.38. The smallest absolute Gasteiger partial charge is 0.311 e. The number of carboxylic acid groups (broad SMARTS) is 1. The second-order valence-corrected chi connectivity index (χ2v) is 5.66. The van der Waals surface area contributed by atoms with Gasteiger partial charge < -0.3 is 14.7 Å². The van der Waals surface area contributed by atoms with Gasteiger partial charge in [-0.25, -0.2) is 4.98 Å². The fourth-order valence-corrected chi connectivity index (χ4v) is 3.11. The van der Waals surface area contributed by atoms with Crippen LogP contribution in [0.1, 0.15) is 32.5 Å². The molecule has 2 heterocycles. The highest BCUT2D eigenvalue weighted by molar-refractivity contribution is 7.09. The van der Waals surface area contributed by atoms with Crippen molar-refractivity contribution in [3.05, 3.63) is 5.82 Å². The molecule has 0 aromatic carbocycles. The molecule has 1 N–H and O–H groups in total. The second kappa shape index (κ2) is 5.83. The van der Waals surface area contributed by atoms with E-state index in [1.54, 1.807) is 0 Å². The summed E-state index contributed by atoms with van der Waals surface area (Å²) in [6.45, 7) is 7.48. The molecule has 1 aliphatic rings. The summed E-state index contributed by atoms with van der Waals surface area (Å²) in [5.41, 5.74) is 0. The van der Waals surface area contributed by atoms with Gasteiger partial charge in [-0.1, -0.05) is 13.8 Å². The fraction of sp³-hybridized carbons (Fsp3) is 0.750. The zero-order valence-electron chi connectivity index (χ0n) is 11.4. The first-order chi connectivity index (χ1) is 9.04. The van der Waals surface area contributed by atoms with Crippen molar-refractivity contribution in [1.29, 1.82) is 0 Å². The van der Waals surface area contributed by atoms with Gasteiger partial charge in [-0.3, -0.25) is 4.79 Å². The molecular formula is C12H19N3O3S. The number of carbonyl (C=O) groups is 1. The van der Waals surface area contributed by atoms with E-state index in [4.69, 9.17) is 4.74 Å². The Bertz CT molecular complexity index is 449. The minimum absolute atomic E-state index is 0.157. The fourth-order valence-electron chi connectivity index (χ4n) is 2.18. The summed E-state index contributed by atoms with van der Waals surface area (Å²) in [7, 11) is 0. The van der Waals surface area contributed by atoms with Gasteiger partial charge in [0.25, 0.3) is 0 Å². The first-order valence-corrected chi connectivity index (χ1v) is 7.22. The first kappa shape index (κ1) is 14.2. The van der Waals surface area contributed by atoms with E-state index in [1.165, 1.54) is 11.5 Å². The van der Waals surface area contributed by atoms with Crippen molar-refractivity contribution in [1.82, 2.24) is 9.36 Å². The summed E-state index contributed by atoms with van der Waals surface area (Å²) in [5, 5.41) is 10.0. The van der Waals surface area contributed by atoms with Gasteiger partial charge in [0.1, 0.15) is 11.7 Å². The third kappa shape index (κ3) is 2.87. The second-order valence-electron chi connectivity index (χ2n) is 4.93. The van der Waals surface area contributed by atoms with Crippen molar-refractivity contribution < 1.29 is 14.6 Å². The highest BCUT2D eigenvalue weighted by Crippen LogP contribution is 2.28. The van der Waals surface area contributed by atoms with E-state index in [-0.39, 0.29) is 18.6 Å². The Morgan fingerprint density at radius 3 is 2.84 bits per heavy atom. The Morgan fingerprint density at radius 2 is 2.32 bits per heavy atom. The quantitative estimate of drug-likeness (QED) is 0.885. The monoisotopic (exact) mass is 285 g/mol. The van der Waals surface area contributed by atoms with Crippen LogP contribution >= 0.6 is 11.5 Å². The van der Waals surface area contributed by atoms with Gasteiger partial charge in [-0.2, -0.15) is 4.37 Å². The Balaban J connectivity index is 2.21. The van der Waals surface area contributed by atoms with E-state index in [0.29, 0.717) is 13.2 Å². The van der Waals surface area contributed by atoms with Crippen molar-refractivity contribution in [2.75, 3.05) is 24.7 Å². The summed E-state index contributed by atoms with van der Waals surface area (Å²) in [4.78, 5) is 17.7. The lowest BCUT2D eigenvalue weighted by atomic mass is 10.0. The number of carboxylic acids is 1. The molecule has 2 rings (SSSR count). The minimum Gasteiger partial charge on any atom is -0.481 e. The number of nitrogens with zero attached hydrogens (tertiary/aromatic N) is 3. The number of aromatic nitrogens is 2. The number of anilines is 1. The lowest BCUT2D eigenvalue weighted by Gasteiger charge is -2.28. The van der Waals surface area contributed by atoms with Crippen LogP contribution in [0.3, 0.4) is 0 Å². The van der Waals surface area contributed by atoms with Crippen LogP contribution in [0.5, 0.6) is 0 Å². The summed E-state index contributed by atoms with van der Waals surface area (Å²) < 4.78 is 9.65. The Morgan fingerprint density at radius 1 is 1.58 bits per heavy atom. The maximum Gasteiger partial charge on any atom is 0.311 e. The molecule has 2 atom stereocenters. The van der Waals surface area contributed by atoms with Gasteiger partial charge in [-0.15, -0.1) is 0 Å². The molecule has 0 bridgehead atoms. The van der Waals surface area contributed by atoms with E-state index >= 15 is 0 Å². The molecular weight excluding hydrogens is 266 g/mol. The molecule has 0 radical (unpaired) electrons. The molecule has 1 aromatic heterocycles. The average molecular weight is 285 g/mol. The van der Waals surface area contributed by atoms with E-state index in [9.17, 15) is 9.90 Å². The molecule has 0 saturated carbocycles. The van der Waals surface area contributed by atoms with Gasteiger partial charge in [0.15, 0.2) is 0 Å². The van der Waals surface area contributed by atoms with E-state index in [1.807, 2.05) is 25.7 Å². The Labute approximate surface area is 116 Å². The predicted molar refractivity (Wildman–Crippen MR) is 72.8 cm³/mol. The van der Waals surface area contributed by atoms with Crippen LogP contribution in [-0.4, -0.2) is 46.2 Å². The van der Waals surface area contributed by atoms with Crippen LogP contribution in [-0.2, 0) is 9.53 Å². The van der Waals surface area contributed by atoms with Gasteiger partial charge >= 0.3 is 5.97 Å². The third-order valence-corrected chi connectivity index (χ3v) is 4.07. The predicted octanol–water partition coefficient (Wildman–Crippen LogP) is 1.59. The summed E-state index contributed by atoms with van der Waals surface area (Å²) in [6, 6.07) is -0.157. The minimum atomic E-state index is -0.811. The Kier molecular flexibility index (Phi) is 4.36. The van der Waals surface area contributed by atoms with Gasteiger partial charge in [-0.05, 0) is 6.92 Å². The normalized spacial score (nSPS) is 22.9. The van der Waals surface area contributed by atoms with Crippen LogP contribution in [0.4, 0.5) is 5.13 Å². The molecule has 0 amide bonds. The molecule has 1 aliphatic heterocycles. The standard InChI is InChI=1S/C12H19N3O3S/c1-4-15(9-6-18-5-8(9)11(16)17)12-13-10(7(2)3)14-19-12/h7-9H,4-6H2,1-3H3,(H,16,17). The molecule has 106 valence electrons. The van der Waals surface area contributed by atoms with Gasteiger partial charge in [0.2, 0.25) is 5.13 Å². The van der Waals surface area contributed by atoms with Crippen molar-refractivity contribution in [3.63, 3.8) is 0 Å². The van der Waals surface area contributed by atoms with E-state index in [2.05, 4.69) is 9.36 Å². The summed E-state index contributed by atoms with van der Waals surface area (Å²) in [6.07, 6.45) is 0. The molecule has 19 heavy (non-hydrogen) atoms. The highest BCUT2D eigenvalue weighted by atomic mass is 32.1. The molecule has 7 heteroatoms. The molecule has 1 saturated heterocycles. The number of rotatable bonds is 5. The zero-order valence-corrected chi connectivity index (χ0v) is 12.2.